The highest BCUT2D eigenvalue weighted by Gasteiger charge is 2.44. The lowest BCUT2D eigenvalue weighted by molar-refractivity contribution is -0.152. The summed E-state index contributed by atoms with van der Waals surface area (Å²) in [5.74, 6) is -0.0451. The quantitative estimate of drug-likeness (QED) is 0.773. The van der Waals surface area contributed by atoms with Crippen LogP contribution in [0.25, 0.3) is 0 Å². The molecule has 0 spiro atoms. The van der Waals surface area contributed by atoms with Crippen LogP contribution in [0, 0.1) is 0 Å². The summed E-state index contributed by atoms with van der Waals surface area (Å²) in [7, 11) is 2.13. The van der Waals surface area contributed by atoms with Crippen molar-refractivity contribution in [3.05, 3.63) is 34.9 Å². The van der Waals surface area contributed by atoms with Crippen molar-refractivity contribution in [2.75, 3.05) is 20.2 Å². The molecule has 4 heteroatoms. The molecule has 0 radical (unpaired) electrons. The van der Waals surface area contributed by atoms with Gasteiger partial charge in [-0.1, -0.05) is 43.0 Å². The zero-order chi connectivity index (χ0) is 16.3. The van der Waals surface area contributed by atoms with E-state index in [0.29, 0.717) is 17.7 Å². The average molecular weight is 336 g/mol. The summed E-state index contributed by atoms with van der Waals surface area (Å²) in [6.07, 6.45) is 7.53. The van der Waals surface area contributed by atoms with Gasteiger partial charge in [-0.25, -0.2) is 0 Å². The maximum absolute atomic E-state index is 12.9. The van der Waals surface area contributed by atoms with Crippen molar-refractivity contribution in [2.45, 2.75) is 56.4 Å². The Morgan fingerprint density at radius 3 is 2.57 bits per heavy atom. The second kappa shape index (κ2) is 7.23. The molecule has 0 amide bonds. The Bertz CT molecular complexity index is 537. The Balaban J connectivity index is 1.70. The Morgan fingerprint density at radius 2 is 1.91 bits per heavy atom. The molecule has 1 atom stereocenters. The predicted octanol–water partition coefficient (Wildman–Crippen LogP) is 4.18. The molecule has 0 N–H and O–H groups in total. The monoisotopic (exact) mass is 335 g/mol. The SMILES string of the molecule is CN1CCCCC1COC(=O)C1(c2ccc(Cl)cc2)CCCC1. The Hall–Kier alpha value is -1.06. The van der Waals surface area contributed by atoms with Gasteiger partial charge in [-0.15, -0.1) is 0 Å². The van der Waals surface area contributed by atoms with E-state index in [1.807, 2.05) is 24.3 Å². The van der Waals surface area contributed by atoms with Crippen molar-refractivity contribution in [3.63, 3.8) is 0 Å². The van der Waals surface area contributed by atoms with E-state index in [1.165, 1.54) is 12.8 Å². The van der Waals surface area contributed by atoms with Crippen LogP contribution in [0.4, 0.5) is 0 Å². The van der Waals surface area contributed by atoms with Gasteiger partial charge in [-0.05, 0) is 57.0 Å². The molecule has 1 aromatic carbocycles. The van der Waals surface area contributed by atoms with Gasteiger partial charge in [0, 0.05) is 11.1 Å². The van der Waals surface area contributed by atoms with E-state index in [0.717, 1.165) is 44.2 Å². The highest BCUT2D eigenvalue weighted by molar-refractivity contribution is 6.30. The van der Waals surface area contributed by atoms with E-state index < -0.39 is 5.41 Å². The van der Waals surface area contributed by atoms with Crippen molar-refractivity contribution in [3.8, 4) is 0 Å². The fourth-order valence-corrected chi connectivity index (χ4v) is 4.15. The van der Waals surface area contributed by atoms with Crippen LogP contribution in [0.2, 0.25) is 5.02 Å². The van der Waals surface area contributed by atoms with E-state index in [2.05, 4.69) is 11.9 Å². The van der Waals surface area contributed by atoms with E-state index in [9.17, 15) is 4.79 Å². The highest BCUT2D eigenvalue weighted by Crippen LogP contribution is 2.42. The number of hydrogen-bond donors (Lipinski definition) is 0. The van der Waals surface area contributed by atoms with Crippen molar-refractivity contribution in [1.82, 2.24) is 4.90 Å². The van der Waals surface area contributed by atoms with Crippen molar-refractivity contribution in [1.29, 1.82) is 0 Å². The standard InChI is InChI=1S/C19H26ClNO2/c1-21-13-5-2-6-17(21)14-23-18(22)19(11-3-4-12-19)15-7-9-16(20)10-8-15/h7-10,17H,2-6,11-14H2,1H3. The van der Waals surface area contributed by atoms with Crippen LogP contribution in [-0.2, 0) is 14.9 Å². The molecule has 2 fully saturated rings. The lowest BCUT2D eigenvalue weighted by Gasteiger charge is -2.33. The first-order chi connectivity index (χ1) is 11.1. The summed E-state index contributed by atoms with van der Waals surface area (Å²) < 4.78 is 5.81. The summed E-state index contributed by atoms with van der Waals surface area (Å²) in [4.78, 5) is 15.2. The van der Waals surface area contributed by atoms with Crippen LogP contribution in [0.5, 0.6) is 0 Å². The number of esters is 1. The van der Waals surface area contributed by atoms with E-state index in [-0.39, 0.29) is 5.97 Å². The van der Waals surface area contributed by atoms with Crippen LogP contribution < -0.4 is 0 Å². The largest absolute Gasteiger partial charge is 0.463 e. The van der Waals surface area contributed by atoms with Gasteiger partial charge in [0.05, 0.1) is 5.41 Å². The van der Waals surface area contributed by atoms with Gasteiger partial charge in [0.25, 0.3) is 0 Å². The van der Waals surface area contributed by atoms with E-state index in [4.69, 9.17) is 16.3 Å². The number of likely N-dealkylation sites (tertiary alicyclic amines) is 1. The third-order valence-corrected chi connectivity index (χ3v) is 5.82. The fraction of sp³-hybridized carbons (Fsp3) is 0.632. The number of ether oxygens (including phenoxy) is 1. The molecule has 1 aromatic rings. The molecule has 1 heterocycles. The number of hydrogen-bond acceptors (Lipinski definition) is 3. The third-order valence-electron chi connectivity index (χ3n) is 5.57. The third kappa shape index (κ3) is 3.56. The molecular formula is C19H26ClNO2. The first-order valence-electron chi connectivity index (χ1n) is 8.75. The maximum atomic E-state index is 12.9. The number of carbonyl (C=O) groups excluding carboxylic acids is 1. The minimum Gasteiger partial charge on any atom is -0.463 e. The van der Waals surface area contributed by atoms with Crippen molar-refractivity contribution in [2.24, 2.45) is 0 Å². The second-order valence-electron chi connectivity index (χ2n) is 7.02. The molecule has 1 aliphatic heterocycles. The van der Waals surface area contributed by atoms with Gasteiger partial charge in [0.1, 0.15) is 6.61 Å². The molecule has 1 unspecified atom stereocenters. The lowest BCUT2D eigenvalue weighted by atomic mass is 9.79. The number of nitrogens with zero attached hydrogens (tertiary/aromatic N) is 1. The Kier molecular flexibility index (Phi) is 5.27. The first-order valence-corrected chi connectivity index (χ1v) is 9.13. The first kappa shape index (κ1) is 16.8. The molecule has 2 aliphatic rings. The minimum absolute atomic E-state index is 0.0451. The smallest absolute Gasteiger partial charge is 0.316 e. The van der Waals surface area contributed by atoms with Crippen LogP contribution in [0.3, 0.4) is 0 Å². The second-order valence-corrected chi connectivity index (χ2v) is 7.46. The van der Waals surface area contributed by atoms with Crippen molar-refractivity contribution >= 4 is 17.6 Å². The number of carbonyl (C=O) groups is 1. The normalized spacial score (nSPS) is 24.5. The van der Waals surface area contributed by atoms with Crippen LogP contribution in [-0.4, -0.2) is 37.1 Å². The topological polar surface area (TPSA) is 29.5 Å². The van der Waals surface area contributed by atoms with Gasteiger partial charge in [-0.3, -0.25) is 4.79 Å². The summed E-state index contributed by atoms with van der Waals surface area (Å²) >= 11 is 6.00. The van der Waals surface area contributed by atoms with Gasteiger partial charge in [0.2, 0.25) is 0 Å². The number of halogens is 1. The molecule has 1 saturated carbocycles. The summed E-state index contributed by atoms with van der Waals surface area (Å²) in [5.41, 5.74) is 0.596. The van der Waals surface area contributed by atoms with Crippen molar-refractivity contribution < 1.29 is 9.53 Å². The molecule has 0 bridgehead atoms. The highest BCUT2D eigenvalue weighted by atomic mass is 35.5. The molecule has 126 valence electrons. The average Bonchev–Trinajstić information content (AvgIpc) is 3.05. The Labute approximate surface area is 144 Å². The molecule has 1 saturated heterocycles. The molecule has 1 aliphatic carbocycles. The summed E-state index contributed by atoms with van der Waals surface area (Å²) in [6, 6.07) is 8.10. The van der Waals surface area contributed by atoms with Crippen LogP contribution in [0.1, 0.15) is 50.5 Å². The minimum atomic E-state index is -0.460. The summed E-state index contributed by atoms with van der Waals surface area (Å²) in [5, 5.41) is 0.707. The molecule has 23 heavy (non-hydrogen) atoms. The molecule has 0 aromatic heterocycles. The van der Waals surface area contributed by atoms with E-state index in [1.54, 1.807) is 0 Å². The number of piperidine rings is 1. The molecule has 3 nitrogen and oxygen atoms in total. The Morgan fingerprint density at radius 1 is 1.22 bits per heavy atom. The fourth-order valence-electron chi connectivity index (χ4n) is 4.02. The van der Waals surface area contributed by atoms with Gasteiger partial charge in [-0.2, -0.15) is 0 Å². The maximum Gasteiger partial charge on any atom is 0.316 e. The summed E-state index contributed by atoms with van der Waals surface area (Å²) in [6.45, 7) is 1.62. The van der Waals surface area contributed by atoms with Gasteiger partial charge in [0.15, 0.2) is 0 Å². The van der Waals surface area contributed by atoms with Gasteiger partial charge >= 0.3 is 5.97 Å². The number of likely N-dealkylation sites (N-methyl/N-ethyl adjacent to an activating group) is 1. The zero-order valence-electron chi connectivity index (χ0n) is 13.9. The van der Waals surface area contributed by atoms with Crippen LogP contribution in [0.15, 0.2) is 24.3 Å². The molecule has 3 rings (SSSR count). The number of rotatable bonds is 4. The van der Waals surface area contributed by atoms with E-state index >= 15 is 0 Å². The van der Waals surface area contributed by atoms with Crippen LogP contribution >= 0.6 is 11.6 Å². The lowest BCUT2D eigenvalue weighted by Crippen LogP contribution is -2.42. The molecular weight excluding hydrogens is 310 g/mol. The van der Waals surface area contributed by atoms with Gasteiger partial charge < -0.3 is 9.64 Å². The number of benzene rings is 1. The zero-order valence-corrected chi connectivity index (χ0v) is 14.6. The predicted molar refractivity (Wildman–Crippen MR) is 92.8 cm³/mol.